The van der Waals surface area contributed by atoms with Crippen molar-refractivity contribution in [2.24, 2.45) is 5.41 Å². The molecule has 0 radical (unpaired) electrons. The van der Waals surface area contributed by atoms with Gasteiger partial charge in [0.1, 0.15) is 0 Å². The van der Waals surface area contributed by atoms with E-state index in [1.165, 1.54) is 70.8 Å². The third kappa shape index (κ3) is 3.00. The quantitative estimate of drug-likeness (QED) is 0.838. The first-order valence-corrected chi connectivity index (χ1v) is 8.63. The average Bonchev–Trinajstić information content (AvgIpc) is 2.38. The molecule has 2 heterocycles. The summed E-state index contributed by atoms with van der Waals surface area (Å²) in [5.74, 6) is 0. The van der Waals surface area contributed by atoms with E-state index in [0.717, 1.165) is 18.1 Å². The Labute approximate surface area is 119 Å². The van der Waals surface area contributed by atoms with Gasteiger partial charge in [0, 0.05) is 24.7 Å². The molecule has 2 aliphatic heterocycles. The van der Waals surface area contributed by atoms with Gasteiger partial charge in [0.15, 0.2) is 0 Å². The zero-order valence-electron chi connectivity index (χ0n) is 13.0. The standard InChI is InChI=1S/C17H32N2/c1-17(9-4-3-5-10-17)13-19-15-7-6-8-16(19)12-14(11-15)18-2/h14-16,18H,3-13H2,1-2H3. The van der Waals surface area contributed by atoms with Gasteiger partial charge in [0.25, 0.3) is 0 Å². The second-order valence-corrected chi connectivity index (χ2v) is 7.74. The number of nitrogens with zero attached hydrogens (tertiary/aromatic N) is 1. The molecule has 0 amide bonds. The van der Waals surface area contributed by atoms with Gasteiger partial charge < -0.3 is 5.32 Å². The number of rotatable bonds is 3. The molecule has 19 heavy (non-hydrogen) atoms. The van der Waals surface area contributed by atoms with Gasteiger partial charge in [0.05, 0.1) is 0 Å². The molecule has 1 saturated carbocycles. The van der Waals surface area contributed by atoms with Gasteiger partial charge in [-0.1, -0.05) is 32.6 Å². The highest BCUT2D eigenvalue weighted by atomic mass is 15.2. The van der Waals surface area contributed by atoms with Gasteiger partial charge in [-0.05, 0) is 51.0 Å². The van der Waals surface area contributed by atoms with Crippen molar-refractivity contribution >= 4 is 0 Å². The molecule has 0 spiro atoms. The van der Waals surface area contributed by atoms with Gasteiger partial charge in [0.2, 0.25) is 0 Å². The van der Waals surface area contributed by atoms with Crippen LogP contribution in [-0.4, -0.2) is 36.6 Å². The van der Waals surface area contributed by atoms with Crippen molar-refractivity contribution in [2.45, 2.75) is 89.3 Å². The molecule has 2 saturated heterocycles. The van der Waals surface area contributed by atoms with Gasteiger partial charge in [-0.3, -0.25) is 4.90 Å². The molecule has 3 aliphatic rings. The van der Waals surface area contributed by atoms with Crippen LogP contribution in [0.4, 0.5) is 0 Å². The van der Waals surface area contributed by atoms with E-state index in [4.69, 9.17) is 0 Å². The van der Waals surface area contributed by atoms with Gasteiger partial charge >= 0.3 is 0 Å². The Morgan fingerprint density at radius 1 is 1.00 bits per heavy atom. The van der Waals surface area contributed by atoms with Crippen molar-refractivity contribution in [2.75, 3.05) is 13.6 Å². The molecule has 2 atom stereocenters. The van der Waals surface area contributed by atoms with Crippen LogP contribution < -0.4 is 5.32 Å². The lowest BCUT2D eigenvalue weighted by atomic mass is 9.73. The van der Waals surface area contributed by atoms with Crippen LogP contribution in [0.2, 0.25) is 0 Å². The molecule has 3 fully saturated rings. The summed E-state index contributed by atoms with van der Waals surface area (Å²) in [4.78, 5) is 2.93. The fourth-order valence-corrected chi connectivity index (χ4v) is 4.98. The molecule has 0 aromatic carbocycles. The minimum atomic E-state index is 0.624. The van der Waals surface area contributed by atoms with Crippen molar-refractivity contribution in [1.82, 2.24) is 10.2 Å². The fourth-order valence-electron chi connectivity index (χ4n) is 4.98. The van der Waals surface area contributed by atoms with E-state index in [1.54, 1.807) is 0 Å². The van der Waals surface area contributed by atoms with E-state index in [0.29, 0.717) is 5.41 Å². The molecule has 0 aromatic heterocycles. The number of hydrogen-bond acceptors (Lipinski definition) is 2. The molecule has 2 nitrogen and oxygen atoms in total. The molecule has 0 aromatic rings. The van der Waals surface area contributed by atoms with Crippen LogP contribution >= 0.6 is 0 Å². The summed E-state index contributed by atoms with van der Waals surface area (Å²) in [6, 6.07) is 2.54. The molecule has 110 valence electrons. The lowest BCUT2D eigenvalue weighted by molar-refractivity contribution is -0.0139. The summed E-state index contributed by atoms with van der Waals surface area (Å²) < 4.78 is 0. The van der Waals surface area contributed by atoms with E-state index in [9.17, 15) is 0 Å². The predicted octanol–water partition coefficient (Wildman–Crippen LogP) is 3.56. The number of piperidine rings is 2. The number of hydrogen-bond donors (Lipinski definition) is 1. The van der Waals surface area contributed by atoms with Gasteiger partial charge in [-0.25, -0.2) is 0 Å². The molecule has 2 unspecified atom stereocenters. The number of nitrogens with one attached hydrogen (secondary N) is 1. The van der Waals surface area contributed by atoms with E-state index >= 15 is 0 Å². The predicted molar refractivity (Wildman–Crippen MR) is 81.4 cm³/mol. The normalized spacial score (nSPS) is 39.2. The van der Waals surface area contributed by atoms with Crippen molar-refractivity contribution in [3.8, 4) is 0 Å². The van der Waals surface area contributed by atoms with Gasteiger partial charge in [-0.2, -0.15) is 0 Å². The first-order valence-electron chi connectivity index (χ1n) is 8.63. The zero-order valence-corrected chi connectivity index (χ0v) is 13.0. The smallest absolute Gasteiger partial charge is 0.0113 e. The maximum Gasteiger partial charge on any atom is 0.0113 e. The van der Waals surface area contributed by atoms with Crippen molar-refractivity contribution in [1.29, 1.82) is 0 Å². The summed E-state index contributed by atoms with van der Waals surface area (Å²) in [6.07, 6.45) is 14.5. The molecule has 2 bridgehead atoms. The van der Waals surface area contributed by atoms with Crippen LogP contribution in [0.25, 0.3) is 0 Å². The molecule has 1 N–H and O–H groups in total. The van der Waals surface area contributed by atoms with E-state index in [-0.39, 0.29) is 0 Å². The maximum absolute atomic E-state index is 3.54. The van der Waals surface area contributed by atoms with Crippen LogP contribution in [0, 0.1) is 5.41 Å². The molecule has 1 aliphatic carbocycles. The van der Waals surface area contributed by atoms with Crippen LogP contribution in [-0.2, 0) is 0 Å². The third-order valence-electron chi connectivity index (χ3n) is 6.16. The first-order chi connectivity index (χ1) is 9.20. The third-order valence-corrected chi connectivity index (χ3v) is 6.16. The van der Waals surface area contributed by atoms with Crippen LogP contribution in [0.5, 0.6) is 0 Å². The van der Waals surface area contributed by atoms with E-state index in [2.05, 4.69) is 24.2 Å². The molecule has 3 rings (SSSR count). The van der Waals surface area contributed by atoms with Crippen molar-refractivity contribution in [3.63, 3.8) is 0 Å². The maximum atomic E-state index is 3.54. The van der Waals surface area contributed by atoms with Crippen LogP contribution in [0.3, 0.4) is 0 Å². The summed E-state index contributed by atoms with van der Waals surface area (Å²) in [5.41, 5.74) is 0.624. The summed E-state index contributed by atoms with van der Waals surface area (Å²) in [5, 5.41) is 3.54. The van der Waals surface area contributed by atoms with E-state index in [1.807, 2.05) is 0 Å². The first kappa shape index (κ1) is 13.9. The Morgan fingerprint density at radius 2 is 1.63 bits per heavy atom. The summed E-state index contributed by atoms with van der Waals surface area (Å²) in [7, 11) is 2.15. The highest BCUT2D eigenvalue weighted by Gasteiger charge is 2.41. The van der Waals surface area contributed by atoms with E-state index < -0.39 is 0 Å². The Hall–Kier alpha value is -0.0800. The van der Waals surface area contributed by atoms with Crippen LogP contribution in [0.1, 0.15) is 71.1 Å². The molecular formula is C17H32N2. The van der Waals surface area contributed by atoms with Crippen molar-refractivity contribution < 1.29 is 0 Å². The zero-order chi connectivity index (χ0) is 13.3. The highest BCUT2D eigenvalue weighted by molar-refractivity contribution is 4.97. The second-order valence-electron chi connectivity index (χ2n) is 7.74. The average molecular weight is 264 g/mol. The Kier molecular flexibility index (Phi) is 4.19. The minimum absolute atomic E-state index is 0.624. The Morgan fingerprint density at radius 3 is 2.21 bits per heavy atom. The number of fused-ring (bicyclic) bond motifs is 2. The van der Waals surface area contributed by atoms with Gasteiger partial charge in [-0.15, -0.1) is 0 Å². The second kappa shape index (κ2) is 5.73. The lowest BCUT2D eigenvalue weighted by Crippen LogP contribution is -2.58. The minimum Gasteiger partial charge on any atom is -0.317 e. The Balaban J connectivity index is 1.66. The topological polar surface area (TPSA) is 15.3 Å². The SMILES string of the molecule is CNC1CC2CCCC(C1)N2CC1(C)CCCCC1. The highest BCUT2D eigenvalue weighted by Crippen LogP contribution is 2.41. The largest absolute Gasteiger partial charge is 0.317 e. The lowest BCUT2D eigenvalue weighted by Gasteiger charge is -2.52. The molecular weight excluding hydrogens is 232 g/mol. The summed E-state index contributed by atoms with van der Waals surface area (Å²) >= 11 is 0. The monoisotopic (exact) mass is 264 g/mol. The fraction of sp³-hybridized carbons (Fsp3) is 1.00. The summed E-state index contributed by atoms with van der Waals surface area (Å²) in [6.45, 7) is 3.95. The Bertz CT molecular complexity index is 282. The van der Waals surface area contributed by atoms with Crippen molar-refractivity contribution in [3.05, 3.63) is 0 Å². The molecule has 2 heteroatoms. The van der Waals surface area contributed by atoms with Crippen LogP contribution in [0.15, 0.2) is 0 Å².